The summed E-state index contributed by atoms with van der Waals surface area (Å²) in [4.78, 5) is 19.0. The maximum absolute atomic E-state index is 11.9. The van der Waals surface area contributed by atoms with Gasteiger partial charge in [0.25, 0.3) is 5.56 Å². The second kappa shape index (κ2) is 2.94. The quantitative estimate of drug-likeness (QED) is 0.683. The molecule has 3 aromatic rings. The highest BCUT2D eigenvalue weighted by Gasteiger charge is 2.27. The van der Waals surface area contributed by atoms with Gasteiger partial charge in [-0.25, -0.2) is 9.50 Å². The summed E-state index contributed by atoms with van der Waals surface area (Å²) in [6, 6.07) is 5.52. The fourth-order valence-electron chi connectivity index (χ4n) is 2.15. The molecule has 3 heterocycles. The summed E-state index contributed by atoms with van der Waals surface area (Å²) in [5, 5.41) is 4.50. The van der Waals surface area contributed by atoms with Crippen molar-refractivity contribution in [1.82, 2.24) is 19.6 Å². The maximum Gasteiger partial charge on any atom is 0.274 e. The number of nitrogens with one attached hydrogen (secondary N) is 1. The Balaban J connectivity index is 2.19. The minimum Gasteiger partial charge on any atom is -0.317 e. The number of pyridine rings is 1. The zero-order chi connectivity index (χ0) is 11.4. The van der Waals surface area contributed by atoms with Crippen LogP contribution in [0.4, 0.5) is 0 Å². The number of hydrogen-bond donors (Lipinski definition) is 1. The molecule has 1 saturated carbocycles. The normalized spacial score (nSPS) is 15.8. The molecule has 0 radical (unpaired) electrons. The summed E-state index contributed by atoms with van der Waals surface area (Å²) in [5.74, 6) is 0.535. The van der Waals surface area contributed by atoms with Crippen molar-refractivity contribution in [2.75, 3.05) is 0 Å². The summed E-state index contributed by atoms with van der Waals surface area (Å²) in [5.41, 5.74) is 2.90. The summed E-state index contributed by atoms with van der Waals surface area (Å²) < 4.78 is 1.65. The number of aromatic amines is 1. The fraction of sp³-hybridized carbons (Fsp3) is 0.250. The number of hydrogen-bond acceptors (Lipinski definition) is 3. The maximum atomic E-state index is 11.9. The molecule has 0 saturated heterocycles. The Labute approximate surface area is 96.1 Å². The van der Waals surface area contributed by atoms with Gasteiger partial charge in [-0.2, -0.15) is 5.10 Å². The van der Waals surface area contributed by atoms with Gasteiger partial charge in [0.05, 0.1) is 11.2 Å². The SMILES string of the molecule is O=c1[nH]c2cccnc2n2nc(C3CC3)cc12. The van der Waals surface area contributed by atoms with Gasteiger partial charge in [-0.05, 0) is 31.0 Å². The molecule has 0 bridgehead atoms. The van der Waals surface area contributed by atoms with E-state index in [1.807, 2.05) is 12.1 Å². The third-order valence-electron chi connectivity index (χ3n) is 3.19. The largest absolute Gasteiger partial charge is 0.317 e. The molecule has 0 aromatic carbocycles. The summed E-state index contributed by atoms with van der Waals surface area (Å²) in [6.45, 7) is 0. The van der Waals surface area contributed by atoms with E-state index >= 15 is 0 Å². The van der Waals surface area contributed by atoms with Crippen molar-refractivity contribution in [2.24, 2.45) is 0 Å². The number of H-pyrrole nitrogens is 1. The average molecular weight is 226 g/mol. The second-order valence-electron chi connectivity index (χ2n) is 4.47. The molecule has 0 atom stereocenters. The first-order valence-electron chi connectivity index (χ1n) is 5.69. The molecule has 3 aromatic heterocycles. The van der Waals surface area contributed by atoms with Crippen molar-refractivity contribution in [3.8, 4) is 0 Å². The van der Waals surface area contributed by atoms with Crippen molar-refractivity contribution in [3.05, 3.63) is 40.4 Å². The highest BCUT2D eigenvalue weighted by molar-refractivity contribution is 5.73. The average Bonchev–Trinajstić information content (AvgIpc) is 3.09. The third-order valence-corrected chi connectivity index (χ3v) is 3.19. The van der Waals surface area contributed by atoms with Gasteiger partial charge in [0, 0.05) is 12.1 Å². The molecule has 84 valence electrons. The lowest BCUT2D eigenvalue weighted by molar-refractivity contribution is 0.900. The van der Waals surface area contributed by atoms with Crippen LogP contribution >= 0.6 is 0 Å². The van der Waals surface area contributed by atoms with E-state index in [2.05, 4.69) is 15.1 Å². The van der Waals surface area contributed by atoms with E-state index in [9.17, 15) is 4.79 Å². The molecule has 1 aliphatic carbocycles. The van der Waals surface area contributed by atoms with Crippen molar-refractivity contribution >= 4 is 16.7 Å². The van der Waals surface area contributed by atoms with Crippen LogP contribution in [0.25, 0.3) is 16.7 Å². The van der Waals surface area contributed by atoms with E-state index in [1.165, 1.54) is 12.8 Å². The Morgan fingerprint density at radius 2 is 2.29 bits per heavy atom. The second-order valence-corrected chi connectivity index (χ2v) is 4.47. The Kier molecular flexibility index (Phi) is 1.54. The number of fused-ring (bicyclic) bond motifs is 3. The first-order valence-corrected chi connectivity index (χ1v) is 5.69. The van der Waals surface area contributed by atoms with Crippen molar-refractivity contribution in [3.63, 3.8) is 0 Å². The summed E-state index contributed by atoms with van der Waals surface area (Å²) in [6.07, 6.45) is 4.05. The lowest BCUT2D eigenvalue weighted by atomic mass is 10.3. The van der Waals surface area contributed by atoms with E-state index < -0.39 is 0 Å². The highest BCUT2D eigenvalue weighted by atomic mass is 16.1. The molecule has 0 unspecified atom stereocenters. The lowest BCUT2D eigenvalue weighted by Crippen LogP contribution is -2.11. The fourth-order valence-corrected chi connectivity index (χ4v) is 2.15. The van der Waals surface area contributed by atoms with Crippen LogP contribution < -0.4 is 5.56 Å². The van der Waals surface area contributed by atoms with Crippen LogP contribution in [0.5, 0.6) is 0 Å². The molecule has 0 spiro atoms. The van der Waals surface area contributed by atoms with Gasteiger partial charge >= 0.3 is 0 Å². The van der Waals surface area contributed by atoms with Crippen molar-refractivity contribution in [1.29, 1.82) is 0 Å². The minimum atomic E-state index is -0.107. The van der Waals surface area contributed by atoms with Gasteiger partial charge in [0.2, 0.25) is 0 Å². The topological polar surface area (TPSA) is 63.0 Å². The molecule has 1 N–H and O–H groups in total. The molecule has 0 aliphatic heterocycles. The standard InChI is InChI=1S/C12H10N4O/c17-12-10-6-9(7-3-4-7)15-16(10)11-8(14-12)2-1-5-13-11/h1-2,5-7H,3-4H2,(H,14,17). The first kappa shape index (κ1) is 8.92. The predicted octanol–water partition coefficient (Wildman–Crippen LogP) is 1.45. The van der Waals surface area contributed by atoms with Crippen LogP contribution in [0.2, 0.25) is 0 Å². The zero-order valence-corrected chi connectivity index (χ0v) is 9.05. The van der Waals surface area contributed by atoms with Crippen LogP contribution in [-0.2, 0) is 0 Å². The van der Waals surface area contributed by atoms with Gasteiger partial charge in [0.15, 0.2) is 5.65 Å². The van der Waals surface area contributed by atoms with Gasteiger partial charge in [-0.15, -0.1) is 0 Å². The number of rotatable bonds is 1. The highest BCUT2D eigenvalue weighted by Crippen LogP contribution is 2.39. The summed E-state index contributed by atoms with van der Waals surface area (Å²) >= 11 is 0. The molecule has 17 heavy (non-hydrogen) atoms. The van der Waals surface area contributed by atoms with Gasteiger partial charge in [-0.3, -0.25) is 4.79 Å². The smallest absolute Gasteiger partial charge is 0.274 e. The monoisotopic (exact) mass is 226 g/mol. The molecule has 0 amide bonds. The predicted molar refractivity (Wildman–Crippen MR) is 63.1 cm³/mol. The van der Waals surface area contributed by atoms with E-state index in [-0.39, 0.29) is 5.56 Å². The van der Waals surface area contributed by atoms with Gasteiger partial charge < -0.3 is 4.98 Å². The van der Waals surface area contributed by atoms with Gasteiger partial charge in [0.1, 0.15) is 5.52 Å². The van der Waals surface area contributed by atoms with Crippen LogP contribution in [0.15, 0.2) is 29.2 Å². The number of nitrogens with zero attached hydrogens (tertiary/aromatic N) is 3. The Morgan fingerprint density at radius 1 is 1.41 bits per heavy atom. The molecule has 1 fully saturated rings. The lowest BCUT2D eigenvalue weighted by Gasteiger charge is -1.98. The Morgan fingerprint density at radius 3 is 3.12 bits per heavy atom. The van der Waals surface area contributed by atoms with E-state index in [4.69, 9.17) is 0 Å². The zero-order valence-electron chi connectivity index (χ0n) is 9.05. The Hall–Kier alpha value is -2.17. The molecule has 4 rings (SSSR count). The van der Waals surface area contributed by atoms with Crippen LogP contribution in [0.3, 0.4) is 0 Å². The molecule has 1 aliphatic rings. The van der Waals surface area contributed by atoms with E-state index in [0.29, 0.717) is 17.1 Å². The van der Waals surface area contributed by atoms with Crippen LogP contribution in [-0.4, -0.2) is 19.6 Å². The molecular weight excluding hydrogens is 216 g/mol. The van der Waals surface area contributed by atoms with Crippen LogP contribution in [0.1, 0.15) is 24.5 Å². The molecular formula is C12H10N4O. The summed E-state index contributed by atoms with van der Waals surface area (Å²) in [7, 11) is 0. The van der Waals surface area contributed by atoms with Gasteiger partial charge in [-0.1, -0.05) is 0 Å². The van der Waals surface area contributed by atoms with Crippen molar-refractivity contribution in [2.45, 2.75) is 18.8 Å². The van der Waals surface area contributed by atoms with Crippen LogP contribution in [0, 0.1) is 0 Å². The minimum absolute atomic E-state index is 0.107. The molecule has 5 nitrogen and oxygen atoms in total. The van der Waals surface area contributed by atoms with Crippen molar-refractivity contribution < 1.29 is 0 Å². The van der Waals surface area contributed by atoms with E-state index in [0.717, 1.165) is 11.2 Å². The van der Waals surface area contributed by atoms with E-state index in [1.54, 1.807) is 16.8 Å². The third kappa shape index (κ3) is 1.22. The number of aromatic nitrogens is 4. The molecule has 5 heteroatoms. The Bertz CT molecular complexity index is 782. The first-order chi connectivity index (χ1) is 8.33.